The number of nitrogens with zero attached hydrogens (tertiary/aromatic N) is 1. The van der Waals surface area contributed by atoms with Gasteiger partial charge in [0.15, 0.2) is 5.76 Å². The van der Waals surface area contributed by atoms with Gasteiger partial charge in [0.2, 0.25) is 0 Å². The van der Waals surface area contributed by atoms with Crippen molar-refractivity contribution < 1.29 is 9.21 Å². The molecule has 3 nitrogen and oxygen atoms in total. The van der Waals surface area contributed by atoms with Crippen molar-refractivity contribution in [1.29, 1.82) is 0 Å². The van der Waals surface area contributed by atoms with Gasteiger partial charge in [-0.1, -0.05) is 6.92 Å². The average molecular weight is 207 g/mol. The fraction of sp³-hybridized carbons (Fsp3) is 0.583. The van der Waals surface area contributed by atoms with Crippen molar-refractivity contribution in [1.82, 2.24) is 4.90 Å². The molecule has 1 aliphatic rings. The maximum atomic E-state index is 12.0. The highest BCUT2D eigenvalue weighted by atomic mass is 16.3. The van der Waals surface area contributed by atoms with Crippen LogP contribution >= 0.6 is 0 Å². The Morgan fingerprint density at radius 1 is 1.60 bits per heavy atom. The lowest BCUT2D eigenvalue weighted by atomic mass is 10.0. The van der Waals surface area contributed by atoms with E-state index >= 15 is 0 Å². The lowest BCUT2D eigenvalue weighted by Gasteiger charge is -2.30. The van der Waals surface area contributed by atoms with Crippen LogP contribution in [0.25, 0.3) is 0 Å². The molecule has 0 aliphatic carbocycles. The number of furan rings is 1. The highest BCUT2D eigenvalue weighted by Gasteiger charge is 2.23. The molecule has 0 N–H and O–H groups in total. The molecule has 1 aliphatic heterocycles. The van der Waals surface area contributed by atoms with Crippen molar-refractivity contribution in [3.05, 3.63) is 23.7 Å². The van der Waals surface area contributed by atoms with E-state index in [0.29, 0.717) is 11.7 Å². The number of hydrogen-bond acceptors (Lipinski definition) is 2. The van der Waals surface area contributed by atoms with Gasteiger partial charge in [0.25, 0.3) is 5.91 Å². The number of carbonyl (C=O) groups is 1. The number of hydrogen-bond donors (Lipinski definition) is 0. The first-order valence-electron chi connectivity index (χ1n) is 5.51. The van der Waals surface area contributed by atoms with Crippen LogP contribution in [0.3, 0.4) is 0 Å². The van der Waals surface area contributed by atoms with Gasteiger partial charge in [-0.25, -0.2) is 0 Å². The predicted molar refractivity (Wildman–Crippen MR) is 57.7 cm³/mol. The molecule has 0 aromatic carbocycles. The van der Waals surface area contributed by atoms with E-state index < -0.39 is 0 Å². The number of aryl methyl sites for hydroxylation is 1. The second-order valence-corrected chi connectivity index (χ2v) is 4.49. The second kappa shape index (κ2) is 4.09. The standard InChI is InChI=1S/C12H17NO2/c1-9-4-3-5-13(7-9)12(14)11-6-10(2)8-15-11/h6,8-9H,3-5,7H2,1-2H3. The van der Waals surface area contributed by atoms with Gasteiger partial charge >= 0.3 is 0 Å². The average Bonchev–Trinajstić information content (AvgIpc) is 2.64. The van der Waals surface area contributed by atoms with Crippen LogP contribution in [0.4, 0.5) is 0 Å². The molecular weight excluding hydrogens is 190 g/mol. The molecule has 0 saturated carbocycles. The van der Waals surface area contributed by atoms with E-state index in [1.807, 2.05) is 17.9 Å². The molecule has 2 heterocycles. The first-order valence-corrected chi connectivity index (χ1v) is 5.51. The van der Waals surface area contributed by atoms with Gasteiger partial charge in [0.1, 0.15) is 0 Å². The van der Waals surface area contributed by atoms with Gasteiger partial charge in [0.05, 0.1) is 6.26 Å². The number of likely N-dealkylation sites (tertiary alicyclic amines) is 1. The van der Waals surface area contributed by atoms with E-state index in [2.05, 4.69) is 6.92 Å². The predicted octanol–water partition coefficient (Wildman–Crippen LogP) is 2.46. The summed E-state index contributed by atoms with van der Waals surface area (Å²) in [6, 6.07) is 1.81. The Balaban J connectivity index is 2.07. The molecule has 1 fully saturated rings. The van der Waals surface area contributed by atoms with Crippen LogP contribution in [-0.4, -0.2) is 23.9 Å². The van der Waals surface area contributed by atoms with E-state index in [0.717, 1.165) is 25.1 Å². The molecular formula is C12H17NO2. The zero-order chi connectivity index (χ0) is 10.8. The SMILES string of the molecule is Cc1coc(C(=O)N2CCCC(C)C2)c1. The van der Waals surface area contributed by atoms with Crippen LogP contribution in [0.1, 0.15) is 35.9 Å². The lowest BCUT2D eigenvalue weighted by Crippen LogP contribution is -2.38. The quantitative estimate of drug-likeness (QED) is 0.708. The van der Waals surface area contributed by atoms with E-state index in [1.165, 1.54) is 6.42 Å². The van der Waals surface area contributed by atoms with Gasteiger partial charge in [-0.05, 0) is 37.3 Å². The molecule has 2 rings (SSSR count). The van der Waals surface area contributed by atoms with Crippen LogP contribution < -0.4 is 0 Å². The molecule has 3 heteroatoms. The molecule has 82 valence electrons. The minimum atomic E-state index is 0.0367. The third-order valence-corrected chi connectivity index (χ3v) is 2.89. The van der Waals surface area contributed by atoms with Crippen LogP contribution in [0.5, 0.6) is 0 Å². The van der Waals surface area contributed by atoms with Crippen LogP contribution in [-0.2, 0) is 0 Å². The molecule has 15 heavy (non-hydrogen) atoms. The largest absolute Gasteiger partial charge is 0.459 e. The normalized spacial score (nSPS) is 21.7. The third-order valence-electron chi connectivity index (χ3n) is 2.89. The number of rotatable bonds is 1. The molecule has 1 aromatic rings. The van der Waals surface area contributed by atoms with Crippen LogP contribution in [0.15, 0.2) is 16.7 Å². The Morgan fingerprint density at radius 3 is 3.00 bits per heavy atom. The van der Waals surface area contributed by atoms with Crippen LogP contribution in [0.2, 0.25) is 0 Å². The monoisotopic (exact) mass is 207 g/mol. The minimum Gasteiger partial charge on any atom is -0.459 e. The Labute approximate surface area is 90.1 Å². The highest BCUT2D eigenvalue weighted by Crippen LogP contribution is 2.18. The van der Waals surface area contributed by atoms with Gasteiger partial charge in [-0.2, -0.15) is 0 Å². The van der Waals surface area contributed by atoms with E-state index in [4.69, 9.17) is 4.42 Å². The molecule has 0 spiro atoms. The molecule has 0 radical (unpaired) electrons. The molecule has 1 amide bonds. The van der Waals surface area contributed by atoms with Crippen molar-refractivity contribution >= 4 is 5.91 Å². The summed E-state index contributed by atoms with van der Waals surface area (Å²) in [5, 5.41) is 0. The minimum absolute atomic E-state index is 0.0367. The topological polar surface area (TPSA) is 33.5 Å². The lowest BCUT2D eigenvalue weighted by molar-refractivity contribution is 0.0651. The maximum absolute atomic E-state index is 12.0. The van der Waals surface area contributed by atoms with Crippen molar-refractivity contribution in [2.24, 2.45) is 5.92 Å². The van der Waals surface area contributed by atoms with Crippen LogP contribution in [0, 0.1) is 12.8 Å². The van der Waals surface area contributed by atoms with Gasteiger partial charge in [-0.15, -0.1) is 0 Å². The summed E-state index contributed by atoms with van der Waals surface area (Å²) < 4.78 is 5.22. The van der Waals surface area contributed by atoms with Crippen molar-refractivity contribution in [2.45, 2.75) is 26.7 Å². The van der Waals surface area contributed by atoms with Gasteiger partial charge in [-0.3, -0.25) is 4.79 Å². The summed E-state index contributed by atoms with van der Waals surface area (Å²) in [5.41, 5.74) is 1.00. The summed E-state index contributed by atoms with van der Waals surface area (Å²) >= 11 is 0. The smallest absolute Gasteiger partial charge is 0.289 e. The van der Waals surface area contributed by atoms with E-state index in [-0.39, 0.29) is 5.91 Å². The summed E-state index contributed by atoms with van der Waals surface area (Å²) in [4.78, 5) is 13.9. The Kier molecular flexibility index (Phi) is 2.80. The number of carbonyl (C=O) groups excluding carboxylic acids is 1. The third kappa shape index (κ3) is 2.22. The van der Waals surface area contributed by atoms with Crippen molar-refractivity contribution in [3.63, 3.8) is 0 Å². The summed E-state index contributed by atoms with van der Waals surface area (Å²) in [6.07, 6.45) is 3.95. The van der Waals surface area contributed by atoms with Gasteiger partial charge in [0, 0.05) is 13.1 Å². The summed E-state index contributed by atoms with van der Waals surface area (Å²) in [6.45, 7) is 5.84. The zero-order valence-electron chi connectivity index (χ0n) is 9.32. The number of amides is 1. The molecule has 1 atom stereocenters. The molecule has 0 bridgehead atoms. The molecule has 1 aromatic heterocycles. The number of piperidine rings is 1. The molecule has 1 saturated heterocycles. The van der Waals surface area contributed by atoms with Gasteiger partial charge < -0.3 is 9.32 Å². The van der Waals surface area contributed by atoms with E-state index in [9.17, 15) is 4.79 Å². The Bertz CT molecular complexity index is 356. The van der Waals surface area contributed by atoms with E-state index in [1.54, 1.807) is 6.26 Å². The summed E-state index contributed by atoms with van der Waals surface area (Å²) in [5.74, 6) is 1.12. The van der Waals surface area contributed by atoms with Crippen molar-refractivity contribution in [2.75, 3.05) is 13.1 Å². The molecule has 1 unspecified atom stereocenters. The first kappa shape index (κ1) is 10.3. The summed E-state index contributed by atoms with van der Waals surface area (Å²) in [7, 11) is 0. The Hall–Kier alpha value is -1.25. The fourth-order valence-corrected chi connectivity index (χ4v) is 2.07. The zero-order valence-corrected chi connectivity index (χ0v) is 9.32. The fourth-order valence-electron chi connectivity index (χ4n) is 2.07. The second-order valence-electron chi connectivity index (χ2n) is 4.49. The Morgan fingerprint density at radius 2 is 2.40 bits per heavy atom. The first-order chi connectivity index (χ1) is 7.16. The highest BCUT2D eigenvalue weighted by molar-refractivity contribution is 5.91. The maximum Gasteiger partial charge on any atom is 0.289 e. The van der Waals surface area contributed by atoms with Crippen molar-refractivity contribution in [3.8, 4) is 0 Å².